The highest BCUT2D eigenvalue weighted by Crippen LogP contribution is 2.22. The smallest absolute Gasteiger partial charge is 0.249 e. The summed E-state index contributed by atoms with van der Waals surface area (Å²) in [4.78, 5) is 4.09. The van der Waals surface area contributed by atoms with Gasteiger partial charge in [-0.05, 0) is 30.3 Å². The van der Waals surface area contributed by atoms with Crippen molar-refractivity contribution in [3.05, 3.63) is 65.9 Å². The van der Waals surface area contributed by atoms with Gasteiger partial charge in [-0.2, -0.15) is 15.3 Å². The number of nitrogens with zero attached hydrogens (tertiary/aromatic N) is 4. The molecule has 0 amide bonds. The number of halogens is 2. The SMILES string of the molecule is N#Cc1cccc(Nc2cnnc(Nc3c(F)cccc3F)n2)c1. The van der Waals surface area contributed by atoms with E-state index in [1.54, 1.807) is 24.3 Å². The minimum atomic E-state index is -0.765. The molecule has 0 saturated heterocycles. The number of hydrogen-bond donors (Lipinski definition) is 2. The minimum Gasteiger partial charge on any atom is -0.339 e. The Kier molecular flexibility index (Phi) is 4.25. The number of nitriles is 1. The fourth-order valence-electron chi connectivity index (χ4n) is 1.96. The molecule has 2 aromatic carbocycles. The van der Waals surface area contributed by atoms with Gasteiger partial charge in [-0.1, -0.05) is 12.1 Å². The molecule has 0 fully saturated rings. The highest BCUT2D eigenvalue weighted by atomic mass is 19.1. The molecule has 24 heavy (non-hydrogen) atoms. The monoisotopic (exact) mass is 324 g/mol. The van der Waals surface area contributed by atoms with Gasteiger partial charge in [0.15, 0.2) is 5.82 Å². The molecule has 0 aliphatic carbocycles. The number of benzene rings is 2. The lowest BCUT2D eigenvalue weighted by atomic mass is 10.2. The molecular weight excluding hydrogens is 314 g/mol. The van der Waals surface area contributed by atoms with E-state index in [0.29, 0.717) is 17.1 Å². The Balaban J connectivity index is 1.83. The average Bonchev–Trinajstić information content (AvgIpc) is 2.59. The van der Waals surface area contributed by atoms with Crippen molar-refractivity contribution in [1.82, 2.24) is 15.2 Å². The van der Waals surface area contributed by atoms with Gasteiger partial charge < -0.3 is 10.6 Å². The zero-order chi connectivity index (χ0) is 16.9. The molecule has 0 aliphatic heterocycles. The van der Waals surface area contributed by atoms with Gasteiger partial charge >= 0.3 is 0 Å². The number of nitrogens with one attached hydrogen (secondary N) is 2. The maximum atomic E-state index is 13.6. The third kappa shape index (κ3) is 3.41. The van der Waals surface area contributed by atoms with Crippen LogP contribution in [0.4, 0.5) is 31.9 Å². The van der Waals surface area contributed by atoms with Crippen LogP contribution >= 0.6 is 0 Å². The number of para-hydroxylation sites is 1. The molecule has 118 valence electrons. The molecule has 3 rings (SSSR count). The number of aromatic nitrogens is 3. The second-order valence-electron chi connectivity index (χ2n) is 4.70. The summed E-state index contributed by atoms with van der Waals surface area (Å²) in [5, 5.41) is 21.7. The fraction of sp³-hybridized carbons (Fsp3) is 0. The topological polar surface area (TPSA) is 86.5 Å². The van der Waals surface area contributed by atoms with E-state index in [1.165, 1.54) is 12.3 Å². The fourth-order valence-corrected chi connectivity index (χ4v) is 1.96. The Morgan fingerprint density at radius 1 is 1.00 bits per heavy atom. The maximum absolute atomic E-state index is 13.6. The van der Waals surface area contributed by atoms with Crippen LogP contribution in [0, 0.1) is 23.0 Å². The molecule has 0 bridgehead atoms. The molecule has 1 heterocycles. The van der Waals surface area contributed by atoms with Gasteiger partial charge in [-0.3, -0.25) is 0 Å². The Morgan fingerprint density at radius 3 is 2.50 bits per heavy atom. The molecule has 8 heteroatoms. The van der Waals surface area contributed by atoms with E-state index in [2.05, 4.69) is 25.8 Å². The van der Waals surface area contributed by atoms with Crippen LogP contribution in [0.25, 0.3) is 0 Å². The molecule has 0 radical (unpaired) electrons. The lowest BCUT2D eigenvalue weighted by Crippen LogP contribution is -2.04. The molecular formula is C16H10F2N6. The van der Waals surface area contributed by atoms with E-state index >= 15 is 0 Å². The predicted octanol–water partition coefficient (Wildman–Crippen LogP) is 3.51. The van der Waals surface area contributed by atoms with E-state index < -0.39 is 11.6 Å². The van der Waals surface area contributed by atoms with E-state index in [-0.39, 0.29) is 11.6 Å². The zero-order valence-corrected chi connectivity index (χ0v) is 12.2. The zero-order valence-electron chi connectivity index (χ0n) is 12.2. The Labute approximate surface area is 135 Å². The lowest BCUT2D eigenvalue weighted by Gasteiger charge is -2.09. The Morgan fingerprint density at radius 2 is 1.75 bits per heavy atom. The van der Waals surface area contributed by atoms with Crippen LogP contribution in [0.2, 0.25) is 0 Å². The summed E-state index contributed by atoms with van der Waals surface area (Å²) >= 11 is 0. The first-order valence-electron chi connectivity index (χ1n) is 6.83. The van der Waals surface area contributed by atoms with Crippen LogP contribution < -0.4 is 10.6 Å². The van der Waals surface area contributed by atoms with Gasteiger partial charge in [0, 0.05) is 5.69 Å². The standard InChI is InChI=1S/C16H10F2N6/c17-12-5-2-6-13(18)15(12)23-16-22-14(9-20-24-16)21-11-4-1-3-10(7-11)8-19/h1-7,9H,(H2,21,22,23,24). The molecule has 0 spiro atoms. The highest BCUT2D eigenvalue weighted by molar-refractivity contribution is 5.60. The van der Waals surface area contributed by atoms with Gasteiger partial charge in [0.05, 0.1) is 17.8 Å². The Bertz CT molecular complexity index is 902. The van der Waals surface area contributed by atoms with Crippen molar-refractivity contribution < 1.29 is 8.78 Å². The number of rotatable bonds is 4. The van der Waals surface area contributed by atoms with Crippen molar-refractivity contribution in [1.29, 1.82) is 5.26 Å². The van der Waals surface area contributed by atoms with Crippen LogP contribution in [0.15, 0.2) is 48.7 Å². The van der Waals surface area contributed by atoms with Gasteiger partial charge in [0.2, 0.25) is 5.95 Å². The van der Waals surface area contributed by atoms with E-state index in [4.69, 9.17) is 5.26 Å². The summed E-state index contributed by atoms with van der Waals surface area (Å²) in [7, 11) is 0. The first kappa shape index (κ1) is 15.3. The van der Waals surface area contributed by atoms with Gasteiger partial charge in [-0.15, -0.1) is 5.10 Å². The molecule has 3 aromatic rings. The van der Waals surface area contributed by atoms with Crippen molar-refractivity contribution >= 4 is 23.1 Å². The maximum Gasteiger partial charge on any atom is 0.249 e. The third-order valence-corrected chi connectivity index (χ3v) is 3.02. The highest BCUT2D eigenvalue weighted by Gasteiger charge is 2.10. The molecule has 1 aromatic heterocycles. The largest absolute Gasteiger partial charge is 0.339 e. The summed E-state index contributed by atoms with van der Waals surface area (Å²) in [6.07, 6.45) is 1.35. The quantitative estimate of drug-likeness (QED) is 0.764. The second kappa shape index (κ2) is 6.66. The molecule has 0 unspecified atom stereocenters. The van der Waals surface area contributed by atoms with Crippen LogP contribution in [0.1, 0.15) is 5.56 Å². The van der Waals surface area contributed by atoms with Crippen molar-refractivity contribution in [2.75, 3.05) is 10.6 Å². The summed E-state index contributed by atoms with van der Waals surface area (Å²) in [5.74, 6) is -1.29. The Hall–Kier alpha value is -3.60. The van der Waals surface area contributed by atoms with Crippen LogP contribution in [-0.4, -0.2) is 15.2 Å². The number of anilines is 4. The van der Waals surface area contributed by atoms with Gasteiger partial charge in [-0.25, -0.2) is 8.78 Å². The summed E-state index contributed by atoms with van der Waals surface area (Å²) in [5.41, 5.74) is 0.745. The first-order chi connectivity index (χ1) is 11.7. The molecule has 0 atom stereocenters. The van der Waals surface area contributed by atoms with Crippen LogP contribution in [0.3, 0.4) is 0 Å². The first-order valence-corrected chi connectivity index (χ1v) is 6.83. The minimum absolute atomic E-state index is 0.0690. The van der Waals surface area contributed by atoms with Crippen LogP contribution in [-0.2, 0) is 0 Å². The summed E-state index contributed by atoms with van der Waals surface area (Å²) in [6, 6.07) is 12.3. The third-order valence-electron chi connectivity index (χ3n) is 3.02. The van der Waals surface area contributed by atoms with E-state index in [9.17, 15) is 8.78 Å². The molecule has 6 nitrogen and oxygen atoms in total. The van der Waals surface area contributed by atoms with E-state index in [0.717, 1.165) is 12.1 Å². The molecule has 0 aliphatic rings. The molecule has 2 N–H and O–H groups in total. The van der Waals surface area contributed by atoms with Crippen LogP contribution in [0.5, 0.6) is 0 Å². The van der Waals surface area contributed by atoms with Crippen molar-refractivity contribution in [3.63, 3.8) is 0 Å². The van der Waals surface area contributed by atoms with Crippen molar-refractivity contribution in [2.24, 2.45) is 0 Å². The van der Waals surface area contributed by atoms with Crippen molar-refractivity contribution in [2.45, 2.75) is 0 Å². The predicted molar refractivity (Wildman–Crippen MR) is 83.9 cm³/mol. The van der Waals surface area contributed by atoms with Gasteiger partial charge in [0.1, 0.15) is 17.3 Å². The summed E-state index contributed by atoms with van der Waals surface area (Å²) < 4.78 is 27.3. The second-order valence-corrected chi connectivity index (χ2v) is 4.70. The lowest BCUT2D eigenvalue weighted by molar-refractivity contribution is 0.590. The van der Waals surface area contributed by atoms with Crippen molar-refractivity contribution in [3.8, 4) is 6.07 Å². The average molecular weight is 324 g/mol. The van der Waals surface area contributed by atoms with Gasteiger partial charge in [0.25, 0.3) is 0 Å². The normalized spacial score (nSPS) is 10.0. The molecule has 0 saturated carbocycles. The van der Waals surface area contributed by atoms with E-state index in [1.807, 2.05) is 6.07 Å². The summed E-state index contributed by atoms with van der Waals surface area (Å²) in [6.45, 7) is 0. The number of hydrogen-bond acceptors (Lipinski definition) is 6.